The van der Waals surface area contributed by atoms with Crippen molar-refractivity contribution < 1.29 is 0 Å². The molecule has 3 heteroatoms. The zero-order valence-electron chi connectivity index (χ0n) is 5.06. The first kappa shape index (κ1) is 5.74. The normalized spacial score (nSPS) is 10.5. The lowest BCUT2D eigenvalue weighted by Crippen LogP contribution is -1.71. The molecule has 1 radical (unpaired) electrons. The monoisotopic (exact) mass is 151 g/mol. The molecule has 0 atom stereocenters. The summed E-state index contributed by atoms with van der Waals surface area (Å²) in [4.78, 5) is 6.91. The van der Waals surface area contributed by atoms with Gasteiger partial charge < -0.3 is 4.98 Å². The highest BCUT2D eigenvalue weighted by molar-refractivity contribution is 6.30. The molecule has 0 aliphatic heterocycles. The minimum atomic E-state index is 0.602. The first-order chi connectivity index (χ1) is 4.86. The molecular weight excluding hydrogens is 148 g/mol. The molecule has 49 valence electrons. The van der Waals surface area contributed by atoms with Gasteiger partial charge in [-0.3, -0.25) is 0 Å². The number of halogens is 1. The lowest BCUT2D eigenvalue weighted by atomic mass is 10.3. The molecule has 1 N–H and O–H groups in total. The van der Waals surface area contributed by atoms with Crippen LogP contribution in [0.4, 0.5) is 0 Å². The molecule has 2 heterocycles. The standard InChI is InChI=1S/C7H4ClN2/c8-6-4-5-2-1-3-9-7(5)10-6/h1,3-4H,(H,9,10). The average molecular weight is 152 g/mol. The molecule has 2 rings (SSSR count). The van der Waals surface area contributed by atoms with Crippen LogP contribution in [0.5, 0.6) is 0 Å². The highest BCUT2D eigenvalue weighted by atomic mass is 35.5. The molecule has 2 aromatic heterocycles. The molecule has 0 amide bonds. The molecule has 0 spiro atoms. The van der Waals surface area contributed by atoms with Gasteiger partial charge in [0.2, 0.25) is 0 Å². The Labute approximate surface area is 62.8 Å². The number of nitrogens with one attached hydrogen (secondary N) is 1. The average Bonchev–Trinajstić information content (AvgIpc) is 2.27. The molecule has 0 fully saturated rings. The van der Waals surface area contributed by atoms with Crippen LogP contribution in [-0.2, 0) is 0 Å². The van der Waals surface area contributed by atoms with Crippen LogP contribution in [0.25, 0.3) is 11.0 Å². The van der Waals surface area contributed by atoms with Gasteiger partial charge in [-0.2, -0.15) is 0 Å². The zero-order chi connectivity index (χ0) is 6.97. The van der Waals surface area contributed by atoms with Crippen molar-refractivity contribution in [1.82, 2.24) is 9.97 Å². The fraction of sp³-hybridized carbons (Fsp3) is 0. The third-order valence-electron chi connectivity index (χ3n) is 1.28. The van der Waals surface area contributed by atoms with Crippen molar-refractivity contribution in [3.63, 3.8) is 0 Å². The first-order valence-corrected chi connectivity index (χ1v) is 3.25. The lowest BCUT2D eigenvalue weighted by molar-refractivity contribution is 1.32. The molecule has 2 aromatic rings. The van der Waals surface area contributed by atoms with E-state index in [0.717, 1.165) is 11.0 Å². The first-order valence-electron chi connectivity index (χ1n) is 2.87. The van der Waals surface area contributed by atoms with Gasteiger partial charge >= 0.3 is 0 Å². The van der Waals surface area contributed by atoms with Crippen molar-refractivity contribution in [2.45, 2.75) is 0 Å². The number of fused-ring (bicyclic) bond motifs is 1. The zero-order valence-corrected chi connectivity index (χ0v) is 5.81. The van der Waals surface area contributed by atoms with E-state index in [0.29, 0.717) is 5.15 Å². The van der Waals surface area contributed by atoms with E-state index in [9.17, 15) is 0 Å². The number of nitrogens with zero attached hydrogens (tertiary/aromatic N) is 1. The minimum absolute atomic E-state index is 0.602. The summed E-state index contributed by atoms with van der Waals surface area (Å²) in [5.74, 6) is 0. The molecule has 0 aromatic carbocycles. The van der Waals surface area contributed by atoms with Gasteiger partial charge in [-0.25, -0.2) is 4.98 Å². The van der Waals surface area contributed by atoms with Crippen molar-refractivity contribution in [1.29, 1.82) is 0 Å². The molecule has 0 aliphatic rings. The Morgan fingerprint density at radius 1 is 1.60 bits per heavy atom. The lowest BCUT2D eigenvalue weighted by Gasteiger charge is -1.81. The summed E-state index contributed by atoms with van der Waals surface area (Å²) in [6.45, 7) is 0. The van der Waals surface area contributed by atoms with Crippen LogP contribution < -0.4 is 0 Å². The van der Waals surface area contributed by atoms with Crippen LogP contribution in [0.15, 0.2) is 18.3 Å². The molecule has 0 saturated carbocycles. The molecule has 10 heavy (non-hydrogen) atoms. The number of rotatable bonds is 0. The van der Waals surface area contributed by atoms with Gasteiger partial charge in [-0.1, -0.05) is 11.6 Å². The van der Waals surface area contributed by atoms with Crippen molar-refractivity contribution in [3.05, 3.63) is 29.5 Å². The van der Waals surface area contributed by atoms with Gasteiger partial charge in [0, 0.05) is 11.6 Å². The third kappa shape index (κ3) is 0.772. The smallest absolute Gasteiger partial charge is 0.138 e. The topological polar surface area (TPSA) is 28.7 Å². The maximum absolute atomic E-state index is 5.67. The van der Waals surface area contributed by atoms with E-state index in [1.165, 1.54) is 0 Å². The van der Waals surface area contributed by atoms with Gasteiger partial charge in [-0.15, -0.1) is 0 Å². The van der Waals surface area contributed by atoms with Crippen LogP contribution in [-0.4, -0.2) is 9.97 Å². The van der Waals surface area contributed by atoms with E-state index in [-0.39, 0.29) is 0 Å². The molecule has 0 unspecified atom stereocenters. The van der Waals surface area contributed by atoms with Crippen molar-refractivity contribution in [3.8, 4) is 0 Å². The fourth-order valence-corrected chi connectivity index (χ4v) is 1.06. The van der Waals surface area contributed by atoms with Gasteiger partial charge in [0.05, 0.1) is 0 Å². The maximum Gasteiger partial charge on any atom is 0.138 e. The Hall–Kier alpha value is -1.02. The molecule has 2 nitrogen and oxygen atoms in total. The van der Waals surface area contributed by atoms with Gasteiger partial charge in [0.25, 0.3) is 0 Å². The summed E-state index contributed by atoms with van der Waals surface area (Å²) in [5, 5.41) is 1.53. The van der Waals surface area contributed by atoms with Gasteiger partial charge in [0.1, 0.15) is 10.8 Å². The number of hydrogen-bond acceptors (Lipinski definition) is 1. The molecule has 0 saturated heterocycles. The Kier molecular flexibility index (Phi) is 1.14. The summed E-state index contributed by atoms with van der Waals surface area (Å²) >= 11 is 5.67. The predicted molar refractivity (Wildman–Crippen MR) is 39.9 cm³/mol. The van der Waals surface area contributed by atoms with E-state index in [4.69, 9.17) is 11.6 Å². The van der Waals surface area contributed by atoms with Crippen LogP contribution in [0.3, 0.4) is 0 Å². The Bertz CT molecular complexity index is 320. The second kappa shape index (κ2) is 1.99. The molecule has 0 bridgehead atoms. The molecule has 0 aliphatic carbocycles. The van der Waals surface area contributed by atoms with E-state index >= 15 is 0 Å². The second-order valence-electron chi connectivity index (χ2n) is 1.97. The van der Waals surface area contributed by atoms with E-state index < -0.39 is 0 Å². The van der Waals surface area contributed by atoms with Crippen LogP contribution in [0.2, 0.25) is 5.15 Å². The van der Waals surface area contributed by atoms with Gasteiger partial charge in [0.15, 0.2) is 0 Å². The fourth-order valence-electron chi connectivity index (χ4n) is 0.862. The summed E-state index contributed by atoms with van der Waals surface area (Å²) < 4.78 is 0. The maximum atomic E-state index is 5.67. The summed E-state index contributed by atoms with van der Waals surface area (Å²) in [6, 6.07) is 6.55. The van der Waals surface area contributed by atoms with Crippen molar-refractivity contribution in [2.24, 2.45) is 0 Å². The summed E-state index contributed by atoms with van der Waals surface area (Å²) in [6.07, 6.45) is 1.68. The van der Waals surface area contributed by atoms with E-state index in [1.807, 2.05) is 0 Å². The van der Waals surface area contributed by atoms with E-state index in [2.05, 4.69) is 16.0 Å². The largest absolute Gasteiger partial charge is 0.330 e. The quantitative estimate of drug-likeness (QED) is 0.613. The number of H-pyrrole nitrogens is 1. The number of pyridine rings is 1. The van der Waals surface area contributed by atoms with Crippen molar-refractivity contribution >= 4 is 22.6 Å². The highest BCUT2D eigenvalue weighted by Crippen LogP contribution is 2.14. The third-order valence-corrected chi connectivity index (χ3v) is 1.48. The Morgan fingerprint density at radius 2 is 2.50 bits per heavy atom. The minimum Gasteiger partial charge on any atom is -0.330 e. The Balaban J connectivity index is 2.88. The van der Waals surface area contributed by atoms with Crippen molar-refractivity contribution in [2.75, 3.05) is 0 Å². The number of aromatic nitrogens is 2. The molecular formula is C7H4ClN2. The summed E-state index contributed by atoms with van der Waals surface area (Å²) in [7, 11) is 0. The predicted octanol–water partition coefficient (Wildman–Crippen LogP) is 2.02. The summed E-state index contributed by atoms with van der Waals surface area (Å²) in [5.41, 5.74) is 0.785. The van der Waals surface area contributed by atoms with Crippen LogP contribution in [0.1, 0.15) is 0 Å². The second-order valence-corrected chi connectivity index (χ2v) is 2.38. The number of aromatic amines is 1. The van der Waals surface area contributed by atoms with Crippen LogP contribution in [0, 0.1) is 6.07 Å². The SMILES string of the molecule is Clc1cc2[c]ccnc2[nH]1. The van der Waals surface area contributed by atoms with Gasteiger partial charge in [-0.05, 0) is 18.2 Å². The number of hydrogen-bond donors (Lipinski definition) is 1. The van der Waals surface area contributed by atoms with Crippen LogP contribution >= 0.6 is 11.6 Å². The Morgan fingerprint density at radius 3 is 3.30 bits per heavy atom. The van der Waals surface area contributed by atoms with E-state index in [1.54, 1.807) is 18.3 Å². The highest BCUT2D eigenvalue weighted by Gasteiger charge is 1.95.